The van der Waals surface area contributed by atoms with Gasteiger partial charge < -0.3 is 9.94 Å². The van der Waals surface area contributed by atoms with Crippen molar-refractivity contribution in [2.45, 2.75) is 23.8 Å². The molecule has 0 aromatic rings. The highest BCUT2D eigenvalue weighted by Gasteiger charge is 2.34. The molecule has 0 aromatic carbocycles. The van der Waals surface area contributed by atoms with Crippen LogP contribution in [0.1, 0.15) is 12.8 Å². The molecule has 1 aliphatic heterocycles. The highest BCUT2D eigenvalue weighted by molar-refractivity contribution is 6.23. The Bertz CT molecular complexity index is 156. The number of hydrogen-bond acceptors (Lipinski definition) is 3. The Hall–Kier alpha value is -0.190. The van der Waals surface area contributed by atoms with Gasteiger partial charge in [-0.2, -0.15) is 0 Å². The minimum atomic E-state index is -1.39. The van der Waals surface area contributed by atoms with Crippen LogP contribution in [-0.2, 0) is 4.84 Å². The summed E-state index contributed by atoms with van der Waals surface area (Å²) in [4.78, 5) is 14.4. The lowest BCUT2D eigenvalue weighted by Crippen LogP contribution is -2.32. The van der Waals surface area contributed by atoms with Crippen molar-refractivity contribution < 1.29 is 14.7 Å². The summed E-state index contributed by atoms with van der Waals surface area (Å²) in [6.45, 7) is 0. The Kier molecular flexibility index (Phi) is 2.81. The number of rotatable bonds is 1. The van der Waals surface area contributed by atoms with Crippen LogP contribution in [0.25, 0.3) is 0 Å². The molecular formula is C5H7Cl2NO3. The van der Waals surface area contributed by atoms with Gasteiger partial charge in [-0.25, -0.2) is 4.79 Å². The van der Waals surface area contributed by atoms with Crippen molar-refractivity contribution in [2.24, 2.45) is 0 Å². The first kappa shape index (κ1) is 8.90. The average molecular weight is 200 g/mol. The molecule has 4 nitrogen and oxygen atoms in total. The first-order chi connectivity index (χ1) is 5.11. The molecule has 0 bridgehead atoms. The number of hydrogen-bond donors (Lipinski definition) is 1. The van der Waals surface area contributed by atoms with Crippen molar-refractivity contribution in [2.75, 3.05) is 0 Å². The van der Waals surface area contributed by atoms with Gasteiger partial charge in [0.2, 0.25) is 0 Å². The van der Waals surface area contributed by atoms with E-state index < -0.39 is 17.2 Å². The molecule has 64 valence electrons. The van der Waals surface area contributed by atoms with E-state index in [2.05, 4.69) is 4.84 Å². The van der Waals surface area contributed by atoms with Gasteiger partial charge in [-0.1, -0.05) is 0 Å². The van der Waals surface area contributed by atoms with E-state index >= 15 is 0 Å². The molecule has 11 heavy (non-hydrogen) atoms. The predicted molar refractivity (Wildman–Crippen MR) is 39.5 cm³/mol. The summed E-state index contributed by atoms with van der Waals surface area (Å²) in [7, 11) is 0. The van der Waals surface area contributed by atoms with E-state index in [0.717, 1.165) is 5.06 Å². The van der Waals surface area contributed by atoms with Gasteiger partial charge in [0.25, 0.3) is 0 Å². The highest BCUT2D eigenvalue weighted by atomic mass is 35.5. The number of hydroxylamine groups is 2. The molecule has 1 aliphatic rings. The van der Waals surface area contributed by atoms with E-state index in [0.29, 0.717) is 12.8 Å². The van der Waals surface area contributed by atoms with Gasteiger partial charge in [-0.3, -0.25) is 0 Å². The average Bonchev–Trinajstić information content (AvgIpc) is 2.18. The maximum atomic E-state index is 10.1. The minimum absolute atomic E-state index is 0.436. The second-order valence-corrected chi connectivity index (χ2v) is 3.17. The van der Waals surface area contributed by atoms with Crippen LogP contribution in [0.5, 0.6) is 0 Å². The second kappa shape index (κ2) is 3.47. The maximum Gasteiger partial charge on any atom is 0.525 e. The van der Waals surface area contributed by atoms with Crippen LogP contribution in [0.15, 0.2) is 0 Å². The summed E-state index contributed by atoms with van der Waals surface area (Å²) in [6.07, 6.45) is -0.102. The quantitative estimate of drug-likeness (QED) is 0.518. The summed E-state index contributed by atoms with van der Waals surface area (Å²) in [5, 5.41) is 9.30. The first-order valence-corrected chi connectivity index (χ1v) is 3.96. The summed E-state index contributed by atoms with van der Waals surface area (Å²) in [6, 6.07) is 0. The van der Waals surface area contributed by atoms with Crippen molar-refractivity contribution in [3.63, 3.8) is 0 Å². The monoisotopic (exact) mass is 199 g/mol. The van der Waals surface area contributed by atoms with Gasteiger partial charge in [-0.15, -0.1) is 28.3 Å². The van der Waals surface area contributed by atoms with Crippen LogP contribution < -0.4 is 0 Å². The molecule has 1 saturated heterocycles. The second-order valence-electron chi connectivity index (χ2n) is 2.16. The third-order valence-corrected chi connectivity index (χ3v) is 2.20. The SMILES string of the molecule is O=C(O)ON1C(Cl)CCC1Cl. The Labute approximate surface area is 73.6 Å². The molecule has 0 aliphatic carbocycles. The molecule has 1 N–H and O–H groups in total. The summed E-state index contributed by atoms with van der Waals surface area (Å²) in [5.74, 6) is 0. The Morgan fingerprint density at radius 2 is 1.91 bits per heavy atom. The van der Waals surface area contributed by atoms with Gasteiger partial charge in [0.1, 0.15) is 11.0 Å². The zero-order chi connectivity index (χ0) is 8.43. The summed E-state index contributed by atoms with van der Waals surface area (Å²) >= 11 is 11.3. The molecule has 1 heterocycles. The fraction of sp³-hybridized carbons (Fsp3) is 0.800. The van der Waals surface area contributed by atoms with Crippen molar-refractivity contribution in [1.82, 2.24) is 5.06 Å². The zero-order valence-electron chi connectivity index (χ0n) is 5.54. The van der Waals surface area contributed by atoms with E-state index in [9.17, 15) is 4.79 Å². The summed E-state index contributed by atoms with van der Waals surface area (Å²) in [5.41, 5.74) is -0.873. The third-order valence-electron chi connectivity index (χ3n) is 1.38. The van der Waals surface area contributed by atoms with Gasteiger partial charge in [-0.05, 0) is 12.8 Å². The van der Waals surface area contributed by atoms with Crippen LogP contribution in [-0.4, -0.2) is 27.3 Å². The van der Waals surface area contributed by atoms with E-state index in [1.807, 2.05) is 0 Å². The molecule has 6 heteroatoms. The lowest BCUT2D eigenvalue weighted by atomic mass is 10.4. The molecule has 0 aromatic heterocycles. The van der Waals surface area contributed by atoms with Crippen molar-refractivity contribution in [1.29, 1.82) is 0 Å². The van der Waals surface area contributed by atoms with Crippen molar-refractivity contribution in [3.05, 3.63) is 0 Å². The Morgan fingerprint density at radius 3 is 2.27 bits per heavy atom. The number of alkyl halides is 2. The van der Waals surface area contributed by atoms with Crippen LogP contribution in [0, 0.1) is 0 Å². The highest BCUT2D eigenvalue weighted by Crippen LogP contribution is 2.29. The fourth-order valence-electron chi connectivity index (χ4n) is 0.910. The molecule has 2 atom stereocenters. The van der Waals surface area contributed by atoms with Gasteiger partial charge >= 0.3 is 6.16 Å². The molecule has 0 saturated carbocycles. The van der Waals surface area contributed by atoms with E-state index in [-0.39, 0.29) is 0 Å². The number of halogens is 2. The lowest BCUT2D eigenvalue weighted by Gasteiger charge is -2.18. The van der Waals surface area contributed by atoms with Gasteiger partial charge in [0.05, 0.1) is 0 Å². The topological polar surface area (TPSA) is 49.8 Å². The Balaban J connectivity index is 2.47. The Morgan fingerprint density at radius 1 is 1.45 bits per heavy atom. The van der Waals surface area contributed by atoms with Crippen LogP contribution in [0.2, 0.25) is 0 Å². The van der Waals surface area contributed by atoms with Gasteiger partial charge in [0, 0.05) is 0 Å². The maximum absolute atomic E-state index is 10.1. The molecular weight excluding hydrogens is 193 g/mol. The normalized spacial score (nSPS) is 32.2. The lowest BCUT2D eigenvalue weighted by molar-refractivity contribution is -0.121. The van der Waals surface area contributed by atoms with Crippen LogP contribution >= 0.6 is 23.2 Å². The summed E-state index contributed by atoms with van der Waals surface area (Å²) < 4.78 is 0. The molecule has 0 radical (unpaired) electrons. The van der Waals surface area contributed by atoms with E-state index in [1.54, 1.807) is 0 Å². The molecule has 1 fully saturated rings. The number of carbonyl (C=O) groups is 1. The fourth-order valence-corrected chi connectivity index (χ4v) is 1.57. The predicted octanol–water partition coefficient (Wildman–Crippen LogP) is 1.82. The third kappa shape index (κ3) is 2.12. The zero-order valence-corrected chi connectivity index (χ0v) is 7.05. The van der Waals surface area contributed by atoms with Crippen LogP contribution in [0.4, 0.5) is 4.79 Å². The number of nitrogens with zero attached hydrogens (tertiary/aromatic N) is 1. The molecule has 1 rings (SSSR count). The molecule has 0 spiro atoms. The standard InChI is InChI=1S/C5H7Cl2NO3/c6-3-1-2-4(7)8(3)11-5(9)10/h3-4H,1-2H2,(H,9,10). The number of carboxylic acid groups (broad SMARTS) is 1. The van der Waals surface area contributed by atoms with E-state index in [4.69, 9.17) is 28.3 Å². The first-order valence-electron chi connectivity index (χ1n) is 3.08. The van der Waals surface area contributed by atoms with E-state index in [1.165, 1.54) is 0 Å². The molecule has 2 unspecified atom stereocenters. The minimum Gasteiger partial charge on any atom is -0.448 e. The smallest absolute Gasteiger partial charge is 0.448 e. The molecule has 0 amide bonds. The van der Waals surface area contributed by atoms with Crippen LogP contribution in [0.3, 0.4) is 0 Å². The van der Waals surface area contributed by atoms with Gasteiger partial charge in [0.15, 0.2) is 0 Å². The van der Waals surface area contributed by atoms with Crippen molar-refractivity contribution >= 4 is 29.4 Å². The van der Waals surface area contributed by atoms with Crippen molar-refractivity contribution in [3.8, 4) is 0 Å². The largest absolute Gasteiger partial charge is 0.525 e.